The molecule has 5 nitrogen and oxygen atoms in total. The second kappa shape index (κ2) is 11.3. The Kier molecular flexibility index (Phi) is 9.84. The van der Waals surface area contributed by atoms with Crippen LogP contribution in [0.25, 0.3) is 0 Å². The minimum atomic E-state index is -0.649. The molecule has 0 bridgehead atoms. The number of hydrogen-bond acceptors (Lipinski definition) is 5. The third-order valence-electron chi connectivity index (χ3n) is 3.77. The van der Waals surface area contributed by atoms with Crippen LogP contribution in [0.3, 0.4) is 0 Å². The molecule has 0 aromatic heterocycles. The van der Waals surface area contributed by atoms with Crippen molar-refractivity contribution in [2.45, 2.75) is 73.1 Å². The Morgan fingerprint density at radius 2 is 1.50 bits per heavy atom. The summed E-state index contributed by atoms with van der Waals surface area (Å²) < 4.78 is 23.0. The number of ether oxygens (including phenoxy) is 4. The normalized spacial score (nSPS) is 13.2. The van der Waals surface area contributed by atoms with Crippen LogP contribution in [0.4, 0.5) is 0 Å². The van der Waals surface area contributed by atoms with E-state index in [1.165, 1.54) is 6.92 Å². The molecule has 0 saturated heterocycles. The second-order valence-corrected chi connectivity index (χ2v) is 7.57. The molecule has 148 valence electrons. The molecule has 1 aromatic carbocycles. The highest BCUT2D eigenvalue weighted by Gasteiger charge is 2.32. The quantitative estimate of drug-likeness (QED) is 0.407. The van der Waals surface area contributed by atoms with Gasteiger partial charge in [-0.2, -0.15) is 0 Å². The number of rotatable bonds is 12. The molecule has 0 spiro atoms. The molecule has 5 heteroatoms. The smallest absolute Gasteiger partial charge is 0.304 e. The first kappa shape index (κ1) is 22.6. The number of carbonyl (C=O) groups is 1. The van der Waals surface area contributed by atoms with Crippen LogP contribution in [0.2, 0.25) is 0 Å². The van der Waals surface area contributed by atoms with Gasteiger partial charge in [-0.25, -0.2) is 0 Å². The topological polar surface area (TPSA) is 54.0 Å². The first-order valence-electron chi connectivity index (χ1n) is 9.26. The van der Waals surface area contributed by atoms with E-state index in [2.05, 4.69) is 6.92 Å². The number of hydrogen-bond donors (Lipinski definition) is 0. The number of benzene rings is 1. The largest absolute Gasteiger partial charge is 0.436 e. The first-order chi connectivity index (χ1) is 12.2. The van der Waals surface area contributed by atoms with Gasteiger partial charge in [0.25, 0.3) is 0 Å². The summed E-state index contributed by atoms with van der Waals surface area (Å²) in [6, 6.07) is 9.82. The van der Waals surface area contributed by atoms with Gasteiger partial charge in [-0.3, -0.25) is 4.79 Å². The Labute approximate surface area is 158 Å². The molecule has 0 fully saturated rings. The summed E-state index contributed by atoms with van der Waals surface area (Å²) in [6.45, 7) is 12.8. The van der Waals surface area contributed by atoms with Gasteiger partial charge in [0.15, 0.2) is 0 Å². The highest BCUT2D eigenvalue weighted by molar-refractivity contribution is 5.66. The maximum absolute atomic E-state index is 11.5. The van der Waals surface area contributed by atoms with Crippen LogP contribution in [-0.2, 0) is 30.3 Å². The molecular weight excluding hydrogens is 332 g/mol. The highest BCUT2D eigenvalue weighted by atomic mass is 16.7. The summed E-state index contributed by atoms with van der Waals surface area (Å²) in [6.07, 6.45) is 0.0829. The molecule has 0 saturated carbocycles. The molecular formula is C21H34O5. The van der Waals surface area contributed by atoms with Crippen LogP contribution in [0.1, 0.15) is 53.5 Å². The van der Waals surface area contributed by atoms with Gasteiger partial charge in [0.05, 0.1) is 32.0 Å². The standard InChI is InChI=1S/C21H34O5/c1-16(2)24-14-21(6,15-25-17(3)4)12-20(26-18(5)22)23-13-19-10-8-7-9-11-19/h7-11,16-17,20H,12-15H2,1-6H3. The van der Waals surface area contributed by atoms with Gasteiger partial charge < -0.3 is 18.9 Å². The lowest BCUT2D eigenvalue weighted by atomic mass is 9.88. The van der Waals surface area contributed by atoms with Crippen LogP contribution in [0, 0.1) is 5.41 Å². The average molecular weight is 366 g/mol. The molecule has 1 aromatic rings. The molecule has 0 aliphatic carbocycles. The van der Waals surface area contributed by atoms with E-state index in [1.54, 1.807) is 0 Å². The molecule has 1 rings (SSSR count). The Bertz CT molecular complexity index is 500. The van der Waals surface area contributed by atoms with E-state index < -0.39 is 6.29 Å². The first-order valence-corrected chi connectivity index (χ1v) is 9.26. The summed E-state index contributed by atoms with van der Waals surface area (Å²) in [5, 5.41) is 0. The molecule has 0 heterocycles. The number of carbonyl (C=O) groups excluding carboxylic acids is 1. The van der Waals surface area contributed by atoms with Gasteiger partial charge in [0.1, 0.15) is 0 Å². The van der Waals surface area contributed by atoms with E-state index in [4.69, 9.17) is 18.9 Å². The van der Waals surface area contributed by atoms with Crippen LogP contribution >= 0.6 is 0 Å². The van der Waals surface area contributed by atoms with E-state index in [-0.39, 0.29) is 23.6 Å². The van der Waals surface area contributed by atoms with Crippen molar-refractivity contribution in [1.29, 1.82) is 0 Å². The van der Waals surface area contributed by atoms with E-state index in [9.17, 15) is 4.79 Å². The summed E-state index contributed by atoms with van der Waals surface area (Å²) >= 11 is 0. The fraction of sp³-hybridized carbons (Fsp3) is 0.667. The van der Waals surface area contributed by atoms with Crippen molar-refractivity contribution in [2.24, 2.45) is 5.41 Å². The Balaban J connectivity index is 2.77. The third-order valence-corrected chi connectivity index (χ3v) is 3.77. The van der Waals surface area contributed by atoms with Crippen molar-refractivity contribution in [3.8, 4) is 0 Å². The molecule has 26 heavy (non-hydrogen) atoms. The Morgan fingerprint density at radius 1 is 0.962 bits per heavy atom. The zero-order valence-electron chi connectivity index (χ0n) is 17.0. The van der Waals surface area contributed by atoms with Crippen LogP contribution in [-0.4, -0.2) is 37.7 Å². The Hall–Kier alpha value is -1.43. The molecule has 1 unspecified atom stereocenters. The Morgan fingerprint density at radius 3 is 1.96 bits per heavy atom. The molecule has 0 aliphatic rings. The minimum absolute atomic E-state index is 0.116. The fourth-order valence-electron chi connectivity index (χ4n) is 2.38. The summed E-state index contributed by atoms with van der Waals surface area (Å²) in [5.74, 6) is -0.361. The van der Waals surface area contributed by atoms with Crippen molar-refractivity contribution in [3.05, 3.63) is 35.9 Å². The van der Waals surface area contributed by atoms with Crippen molar-refractivity contribution in [3.63, 3.8) is 0 Å². The van der Waals surface area contributed by atoms with Crippen molar-refractivity contribution >= 4 is 5.97 Å². The van der Waals surface area contributed by atoms with Gasteiger partial charge in [0, 0.05) is 18.8 Å². The summed E-state index contributed by atoms with van der Waals surface area (Å²) in [5.41, 5.74) is 0.703. The van der Waals surface area contributed by atoms with Crippen molar-refractivity contribution < 1.29 is 23.7 Å². The third kappa shape index (κ3) is 9.90. The number of esters is 1. The molecule has 0 N–H and O–H groups in total. The molecule has 0 radical (unpaired) electrons. The van der Waals surface area contributed by atoms with Crippen LogP contribution in [0.5, 0.6) is 0 Å². The lowest BCUT2D eigenvalue weighted by molar-refractivity contribution is -0.192. The second-order valence-electron chi connectivity index (χ2n) is 7.57. The van der Waals surface area contributed by atoms with Gasteiger partial charge in [0.2, 0.25) is 6.29 Å². The minimum Gasteiger partial charge on any atom is -0.436 e. The average Bonchev–Trinajstić information content (AvgIpc) is 2.57. The lowest BCUT2D eigenvalue weighted by Crippen LogP contribution is -2.37. The van der Waals surface area contributed by atoms with E-state index >= 15 is 0 Å². The molecule has 0 aliphatic heterocycles. The van der Waals surface area contributed by atoms with E-state index in [0.717, 1.165) is 5.56 Å². The maximum atomic E-state index is 11.5. The van der Waals surface area contributed by atoms with E-state index in [0.29, 0.717) is 26.2 Å². The fourth-order valence-corrected chi connectivity index (χ4v) is 2.38. The summed E-state index contributed by atoms with van der Waals surface area (Å²) in [7, 11) is 0. The molecule has 1 atom stereocenters. The van der Waals surface area contributed by atoms with Crippen LogP contribution in [0.15, 0.2) is 30.3 Å². The summed E-state index contributed by atoms with van der Waals surface area (Å²) in [4.78, 5) is 11.5. The van der Waals surface area contributed by atoms with E-state index in [1.807, 2.05) is 58.0 Å². The van der Waals surface area contributed by atoms with Crippen molar-refractivity contribution in [2.75, 3.05) is 13.2 Å². The van der Waals surface area contributed by atoms with Gasteiger partial charge in [-0.05, 0) is 33.3 Å². The van der Waals surface area contributed by atoms with Crippen LogP contribution < -0.4 is 0 Å². The monoisotopic (exact) mass is 366 g/mol. The van der Waals surface area contributed by atoms with Gasteiger partial charge in [-0.15, -0.1) is 0 Å². The predicted octanol–water partition coefficient (Wildman–Crippen LogP) is 4.34. The zero-order valence-corrected chi connectivity index (χ0v) is 17.0. The zero-order chi connectivity index (χ0) is 19.6. The maximum Gasteiger partial charge on any atom is 0.304 e. The lowest BCUT2D eigenvalue weighted by Gasteiger charge is -2.33. The van der Waals surface area contributed by atoms with Gasteiger partial charge >= 0.3 is 5.97 Å². The van der Waals surface area contributed by atoms with Gasteiger partial charge in [-0.1, -0.05) is 37.3 Å². The highest BCUT2D eigenvalue weighted by Crippen LogP contribution is 2.28. The predicted molar refractivity (Wildman–Crippen MR) is 102 cm³/mol. The molecule has 0 amide bonds. The SMILES string of the molecule is CC(=O)OC(CC(C)(COC(C)C)COC(C)C)OCc1ccccc1. The van der Waals surface area contributed by atoms with Crippen molar-refractivity contribution in [1.82, 2.24) is 0 Å².